The number of para-hydroxylation sites is 1. The third-order valence-electron chi connectivity index (χ3n) is 5.64. The maximum Gasteiger partial charge on any atom is 0.573 e. The van der Waals surface area contributed by atoms with Gasteiger partial charge in [-0.25, -0.2) is 4.68 Å². The SMILES string of the molecule is Cc1c(C(=O)N2CCN(CC(=O)Nc3ccc(OC(F)(F)F)cc3)CC2)cnn1-c1ccccc1. The van der Waals surface area contributed by atoms with Crippen molar-refractivity contribution < 1.29 is 27.5 Å². The lowest BCUT2D eigenvalue weighted by molar-refractivity contribution is -0.274. The number of carbonyl (C=O) groups is 2. The zero-order chi connectivity index (χ0) is 25.0. The molecule has 0 saturated carbocycles. The fraction of sp³-hybridized carbons (Fsp3) is 0.292. The standard InChI is InChI=1S/C24H24F3N5O3/c1-17-21(15-28-32(17)19-5-3-2-4-6-19)23(34)31-13-11-30(12-14-31)16-22(33)29-18-7-9-20(10-8-18)35-24(25,26)27/h2-10,15H,11-14,16H2,1H3,(H,29,33). The lowest BCUT2D eigenvalue weighted by atomic mass is 10.2. The summed E-state index contributed by atoms with van der Waals surface area (Å²) in [5, 5.41) is 7.02. The quantitative estimate of drug-likeness (QED) is 0.576. The van der Waals surface area contributed by atoms with Gasteiger partial charge in [-0.15, -0.1) is 13.2 Å². The van der Waals surface area contributed by atoms with E-state index in [0.29, 0.717) is 37.4 Å². The molecule has 3 aromatic rings. The summed E-state index contributed by atoms with van der Waals surface area (Å²) >= 11 is 0. The summed E-state index contributed by atoms with van der Waals surface area (Å²) in [6.45, 7) is 3.92. The number of hydrogen-bond acceptors (Lipinski definition) is 5. The molecule has 184 valence electrons. The average Bonchev–Trinajstić information content (AvgIpc) is 3.21. The summed E-state index contributed by atoms with van der Waals surface area (Å²) in [7, 11) is 0. The van der Waals surface area contributed by atoms with Gasteiger partial charge in [-0.1, -0.05) is 18.2 Å². The summed E-state index contributed by atoms with van der Waals surface area (Å²) in [6, 6.07) is 14.5. The highest BCUT2D eigenvalue weighted by Crippen LogP contribution is 2.24. The number of piperazine rings is 1. The fourth-order valence-corrected chi connectivity index (χ4v) is 3.87. The molecular weight excluding hydrogens is 463 g/mol. The van der Waals surface area contributed by atoms with Crippen LogP contribution in [0.3, 0.4) is 0 Å². The summed E-state index contributed by atoms with van der Waals surface area (Å²) in [4.78, 5) is 29.1. The van der Waals surface area contributed by atoms with Crippen LogP contribution >= 0.6 is 0 Å². The molecule has 0 aliphatic carbocycles. The van der Waals surface area contributed by atoms with Crippen LogP contribution in [0.15, 0.2) is 60.8 Å². The predicted molar refractivity (Wildman–Crippen MR) is 122 cm³/mol. The van der Waals surface area contributed by atoms with E-state index in [-0.39, 0.29) is 24.1 Å². The Morgan fingerprint density at radius 1 is 1.00 bits per heavy atom. The number of benzene rings is 2. The molecule has 11 heteroatoms. The molecule has 0 bridgehead atoms. The normalized spacial score (nSPS) is 14.6. The molecule has 0 atom stereocenters. The van der Waals surface area contributed by atoms with Crippen molar-refractivity contribution in [3.63, 3.8) is 0 Å². The van der Waals surface area contributed by atoms with Crippen LogP contribution < -0.4 is 10.1 Å². The van der Waals surface area contributed by atoms with Gasteiger partial charge in [-0.3, -0.25) is 14.5 Å². The minimum atomic E-state index is -4.77. The van der Waals surface area contributed by atoms with E-state index in [1.54, 1.807) is 15.8 Å². The molecule has 0 spiro atoms. The minimum absolute atomic E-state index is 0.102. The second kappa shape index (κ2) is 10.2. The predicted octanol–water partition coefficient (Wildman–Crippen LogP) is 3.48. The maximum absolute atomic E-state index is 13.0. The van der Waals surface area contributed by atoms with Crippen molar-refractivity contribution in [2.45, 2.75) is 13.3 Å². The van der Waals surface area contributed by atoms with Crippen molar-refractivity contribution in [2.24, 2.45) is 0 Å². The molecule has 1 fully saturated rings. The second-order valence-corrected chi connectivity index (χ2v) is 8.08. The van der Waals surface area contributed by atoms with E-state index in [4.69, 9.17) is 0 Å². The number of halogens is 3. The van der Waals surface area contributed by atoms with Gasteiger partial charge in [0.2, 0.25) is 5.91 Å². The molecule has 1 saturated heterocycles. The lowest BCUT2D eigenvalue weighted by Crippen LogP contribution is -2.50. The van der Waals surface area contributed by atoms with Gasteiger partial charge < -0.3 is 15.0 Å². The van der Waals surface area contributed by atoms with Crippen molar-refractivity contribution in [2.75, 3.05) is 38.0 Å². The van der Waals surface area contributed by atoms with Gasteiger partial charge >= 0.3 is 6.36 Å². The highest BCUT2D eigenvalue weighted by molar-refractivity contribution is 5.95. The fourth-order valence-electron chi connectivity index (χ4n) is 3.87. The maximum atomic E-state index is 13.0. The van der Waals surface area contributed by atoms with E-state index in [2.05, 4.69) is 15.2 Å². The van der Waals surface area contributed by atoms with Gasteiger partial charge in [-0.2, -0.15) is 5.10 Å². The van der Waals surface area contributed by atoms with Gasteiger partial charge in [0.25, 0.3) is 5.91 Å². The van der Waals surface area contributed by atoms with Crippen LogP contribution in [0.4, 0.5) is 18.9 Å². The molecule has 1 aliphatic heterocycles. The molecule has 0 radical (unpaired) electrons. The van der Waals surface area contributed by atoms with Crippen molar-refractivity contribution in [1.82, 2.24) is 19.6 Å². The third kappa shape index (κ3) is 6.18. The Balaban J connectivity index is 1.27. The molecule has 8 nitrogen and oxygen atoms in total. The van der Waals surface area contributed by atoms with Crippen LogP contribution in [0.5, 0.6) is 5.75 Å². The van der Waals surface area contributed by atoms with E-state index in [0.717, 1.165) is 23.5 Å². The topological polar surface area (TPSA) is 79.7 Å². The zero-order valence-corrected chi connectivity index (χ0v) is 19.0. The first-order valence-corrected chi connectivity index (χ1v) is 11.0. The number of anilines is 1. The van der Waals surface area contributed by atoms with Gasteiger partial charge in [-0.05, 0) is 43.3 Å². The average molecular weight is 487 g/mol. The Kier molecular flexibility index (Phi) is 7.06. The van der Waals surface area contributed by atoms with Gasteiger partial charge in [0.05, 0.1) is 29.7 Å². The highest BCUT2D eigenvalue weighted by Gasteiger charge is 2.31. The molecule has 4 rings (SSSR count). The molecular formula is C24H24F3N5O3. The zero-order valence-electron chi connectivity index (χ0n) is 19.0. The lowest BCUT2D eigenvalue weighted by Gasteiger charge is -2.34. The number of ether oxygens (including phenoxy) is 1. The number of hydrogen-bond donors (Lipinski definition) is 1. The number of aromatic nitrogens is 2. The second-order valence-electron chi connectivity index (χ2n) is 8.08. The van der Waals surface area contributed by atoms with Crippen LogP contribution in [0.2, 0.25) is 0 Å². The molecule has 35 heavy (non-hydrogen) atoms. The molecule has 2 amide bonds. The Bertz CT molecular complexity index is 1170. The monoisotopic (exact) mass is 487 g/mol. The van der Waals surface area contributed by atoms with E-state index in [1.807, 2.05) is 42.2 Å². The number of nitrogens with one attached hydrogen (secondary N) is 1. The first-order valence-electron chi connectivity index (χ1n) is 11.0. The summed E-state index contributed by atoms with van der Waals surface area (Å²) in [6.07, 6.45) is -3.19. The smallest absolute Gasteiger partial charge is 0.406 e. The number of rotatable bonds is 6. The van der Waals surface area contributed by atoms with Crippen LogP contribution in [-0.4, -0.2) is 70.5 Å². The number of amides is 2. The van der Waals surface area contributed by atoms with Crippen molar-refractivity contribution in [1.29, 1.82) is 0 Å². The van der Waals surface area contributed by atoms with Crippen molar-refractivity contribution in [3.8, 4) is 11.4 Å². The Morgan fingerprint density at radius 2 is 1.66 bits per heavy atom. The Morgan fingerprint density at radius 3 is 2.29 bits per heavy atom. The van der Waals surface area contributed by atoms with Gasteiger partial charge in [0.15, 0.2) is 0 Å². The summed E-state index contributed by atoms with van der Waals surface area (Å²) in [5.41, 5.74) is 2.54. The van der Waals surface area contributed by atoms with E-state index in [9.17, 15) is 22.8 Å². The molecule has 2 aromatic carbocycles. The molecule has 2 heterocycles. The summed E-state index contributed by atoms with van der Waals surface area (Å²) in [5.74, 6) is -0.759. The third-order valence-corrected chi connectivity index (χ3v) is 5.64. The van der Waals surface area contributed by atoms with Gasteiger partial charge in [0, 0.05) is 31.9 Å². The number of nitrogens with zero attached hydrogens (tertiary/aromatic N) is 4. The van der Waals surface area contributed by atoms with Gasteiger partial charge in [0.1, 0.15) is 5.75 Å². The number of alkyl halides is 3. The van der Waals surface area contributed by atoms with Crippen LogP contribution in [0.25, 0.3) is 5.69 Å². The molecule has 0 unspecified atom stereocenters. The number of carbonyl (C=O) groups excluding carboxylic acids is 2. The van der Waals surface area contributed by atoms with Crippen molar-refractivity contribution >= 4 is 17.5 Å². The van der Waals surface area contributed by atoms with Crippen molar-refractivity contribution in [3.05, 3.63) is 72.1 Å². The Labute approximate surface area is 199 Å². The van der Waals surface area contributed by atoms with Crippen LogP contribution in [-0.2, 0) is 4.79 Å². The highest BCUT2D eigenvalue weighted by atomic mass is 19.4. The Hall–Kier alpha value is -3.86. The van der Waals surface area contributed by atoms with E-state index in [1.165, 1.54) is 12.1 Å². The van der Waals surface area contributed by atoms with E-state index >= 15 is 0 Å². The molecule has 1 aliphatic rings. The minimum Gasteiger partial charge on any atom is -0.406 e. The van der Waals surface area contributed by atoms with Crippen LogP contribution in [0, 0.1) is 6.92 Å². The van der Waals surface area contributed by atoms with Crippen LogP contribution in [0.1, 0.15) is 16.1 Å². The largest absolute Gasteiger partial charge is 0.573 e. The molecule has 1 N–H and O–H groups in total. The first-order chi connectivity index (χ1) is 16.7. The van der Waals surface area contributed by atoms with E-state index < -0.39 is 6.36 Å². The molecule has 1 aromatic heterocycles. The summed E-state index contributed by atoms with van der Waals surface area (Å²) < 4.78 is 42.3. The first kappa shape index (κ1) is 24.3.